The monoisotopic (exact) mass is 450 g/mol. The molecule has 0 atom stereocenters. The molecule has 0 saturated heterocycles. The Morgan fingerprint density at radius 1 is 0.938 bits per heavy atom. The number of aromatic nitrogens is 2. The first-order valence-electron chi connectivity index (χ1n) is 10.4. The number of para-hydroxylation sites is 1. The molecule has 5 nitrogen and oxygen atoms in total. The Balaban J connectivity index is 1.50. The molecule has 0 radical (unpaired) electrons. The fourth-order valence-electron chi connectivity index (χ4n) is 3.26. The van der Waals surface area contributed by atoms with Crippen molar-refractivity contribution in [3.05, 3.63) is 94.5 Å². The van der Waals surface area contributed by atoms with Gasteiger partial charge in [-0.25, -0.2) is 9.37 Å². The van der Waals surface area contributed by atoms with Crippen molar-refractivity contribution in [3.8, 4) is 11.5 Å². The average molecular weight is 451 g/mol. The SMILES string of the molecule is CCOc1ccc(OCCSc2nc3ccccc3c(=O)n2Cc2ccc(F)cc2)cc1. The van der Waals surface area contributed by atoms with E-state index in [2.05, 4.69) is 0 Å². The molecule has 0 aliphatic rings. The van der Waals surface area contributed by atoms with E-state index < -0.39 is 0 Å². The molecule has 0 amide bonds. The summed E-state index contributed by atoms with van der Waals surface area (Å²) in [5, 5.41) is 1.16. The molecule has 0 aliphatic heterocycles. The molecule has 0 saturated carbocycles. The molecule has 4 rings (SSSR count). The Kier molecular flexibility index (Phi) is 7.07. The highest BCUT2D eigenvalue weighted by Gasteiger charge is 2.12. The summed E-state index contributed by atoms with van der Waals surface area (Å²) in [5.41, 5.74) is 1.37. The maximum atomic E-state index is 13.3. The number of benzene rings is 3. The van der Waals surface area contributed by atoms with Gasteiger partial charge < -0.3 is 9.47 Å². The van der Waals surface area contributed by atoms with Crippen molar-refractivity contribution >= 4 is 22.7 Å². The van der Waals surface area contributed by atoms with Crippen LogP contribution in [0.2, 0.25) is 0 Å². The number of rotatable bonds is 9. The molecule has 1 heterocycles. The first-order chi connectivity index (χ1) is 15.6. The normalized spacial score (nSPS) is 10.9. The molecule has 32 heavy (non-hydrogen) atoms. The highest BCUT2D eigenvalue weighted by Crippen LogP contribution is 2.21. The Hall–Kier alpha value is -3.32. The second-order valence-electron chi connectivity index (χ2n) is 7.03. The first kappa shape index (κ1) is 21.9. The summed E-state index contributed by atoms with van der Waals surface area (Å²) in [5.74, 6) is 1.86. The van der Waals surface area contributed by atoms with Gasteiger partial charge in [0.25, 0.3) is 5.56 Å². The van der Waals surface area contributed by atoms with Crippen LogP contribution in [0, 0.1) is 5.82 Å². The molecule has 0 spiro atoms. The molecular weight excluding hydrogens is 427 g/mol. The summed E-state index contributed by atoms with van der Waals surface area (Å²) < 4.78 is 26.2. The van der Waals surface area contributed by atoms with E-state index in [0.29, 0.717) is 41.6 Å². The van der Waals surface area contributed by atoms with Gasteiger partial charge >= 0.3 is 0 Å². The Labute approximate surface area is 189 Å². The lowest BCUT2D eigenvalue weighted by Crippen LogP contribution is -2.24. The summed E-state index contributed by atoms with van der Waals surface area (Å²) >= 11 is 1.46. The summed E-state index contributed by atoms with van der Waals surface area (Å²) in [4.78, 5) is 17.9. The Morgan fingerprint density at radius 3 is 2.34 bits per heavy atom. The zero-order chi connectivity index (χ0) is 22.3. The minimum atomic E-state index is -0.307. The summed E-state index contributed by atoms with van der Waals surface area (Å²) in [6.07, 6.45) is 0. The van der Waals surface area contributed by atoms with Gasteiger partial charge in [0.2, 0.25) is 0 Å². The number of fused-ring (bicyclic) bond motifs is 1. The number of thioether (sulfide) groups is 1. The fourth-order valence-corrected chi connectivity index (χ4v) is 4.08. The standard InChI is InChI=1S/C25H23FN2O3S/c1-2-30-20-11-13-21(14-12-20)31-15-16-32-25-27-23-6-4-3-5-22(23)24(29)28(25)17-18-7-9-19(26)10-8-18/h3-14H,2,15-17H2,1H3. The molecular formula is C25H23FN2O3S. The predicted molar refractivity (Wildman–Crippen MR) is 125 cm³/mol. The molecule has 0 N–H and O–H groups in total. The molecule has 0 aliphatic carbocycles. The number of hydrogen-bond donors (Lipinski definition) is 0. The third-order valence-electron chi connectivity index (χ3n) is 4.80. The molecule has 1 aromatic heterocycles. The third-order valence-corrected chi connectivity index (χ3v) is 5.74. The van der Waals surface area contributed by atoms with Gasteiger partial charge in [0, 0.05) is 5.75 Å². The van der Waals surface area contributed by atoms with Crippen LogP contribution in [0.25, 0.3) is 10.9 Å². The van der Waals surface area contributed by atoms with E-state index in [0.717, 1.165) is 17.1 Å². The average Bonchev–Trinajstić information content (AvgIpc) is 2.81. The largest absolute Gasteiger partial charge is 0.494 e. The van der Waals surface area contributed by atoms with Crippen LogP contribution in [0.4, 0.5) is 4.39 Å². The van der Waals surface area contributed by atoms with Gasteiger partial charge in [-0.15, -0.1) is 0 Å². The van der Waals surface area contributed by atoms with E-state index in [1.165, 1.54) is 23.9 Å². The van der Waals surface area contributed by atoms with Crippen LogP contribution in [0.1, 0.15) is 12.5 Å². The number of ether oxygens (including phenoxy) is 2. The quantitative estimate of drug-likeness (QED) is 0.200. The van der Waals surface area contributed by atoms with Crippen LogP contribution >= 0.6 is 11.8 Å². The van der Waals surface area contributed by atoms with Crippen molar-refractivity contribution in [3.63, 3.8) is 0 Å². The lowest BCUT2D eigenvalue weighted by Gasteiger charge is -2.14. The highest BCUT2D eigenvalue weighted by molar-refractivity contribution is 7.99. The lowest BCUT2D eigenvalue weighted by molar-refractivity contribution is 0.332. The second kappa shape index (κ2) is 10.3. The number of nitrogens with zero attached hydrogens (tertiary/aromatic N) is 2. The van der Waals surface area contributed by atoms with Crippen molar-refractivity contribution in [2.45, 2.75) is 18.6 Å². The number of hydrogen-bond acceptors (Lipinski definition) is 5. The molecule has 0 fully saturated rings. The van der Waals surface area contributed by atoms with Crippen LogP contribution < -0.4 is 15.0 Å². The van der Waals surface area contributed by atoms with Crippen LogP contribution in [-0.4, -0.2) is 28.5 Å². The van der Waals surface area contributed by atoms with Gasteiger partial charge in [-0.1, -0.05) is 36.0 Å². The number of halogens is 1. The Bertz CT molecular complexity index is 1240. The van der Waals surface area contributed by atoms with E-state index >= 15 is 0 Å². The van der Waals surface area contributed by atoms with Gasteiger partial charge in [0.05, 0.1) is 30.7 Å². The first-order valence-corrected chi connectivity index (χ1v) is 11.3. The minimum Gasteiger partial charge on any atom is -0.494 e. The van der Waals surface area contributed by atoms with E-state index in [-0.39, 0.29) is 11.4 Å². The highest BCUT2D eigenvalue weighted by atomic mass is 32.2. The lowest BCUT2D eigenvalue weighted by atomic mass is 10.2. The van der Waals surface area contributed by atoms with Crippen LogP contribution in [0.5, 0.6) is 11.5 Å². The van der Waals surface area contributed by atoms with Crippen LogP contribution in [0.3, 0.4) is 0 Å². The molecule has 0 unspecified atom stereocenters. The zero-order valence-electron chi connectivity index (χ0n) is 17.7. The van der Waals surface area contributed by atoms with Crippen LogP contribution in [0.15, 0.2) is 82.7 Å². The molecule has 3 aromatic carbocycles. The second-order valence-corrected chi connectivity index (χ2v) is 8.09. The summed E-state index contributed by atoms with van der Waals surface area (Å²) in [6.45, 7) is 3.34. The van der Waals surface area contributed by atoms with Gasteiger partial charge in [0.15, 0.2) is 5.16 Å². The van der Waals surface area contributed by atoms with Crippen molar-refractivity contribution in [2.24, 2.45) is 0 Å². The van der Waals surface area contributed by atoms with Crippen molar-refractivity contribution in [2.75, 3.05) is 19.0 Å². The zero-order valence-corrected chi connectivity index (χ0v) is 18.5. The van der Waals surface area contributed by atoms with Gasteiger partial charge in [-0.2, -0.15) is 0 Å². The van der Waals surface area contributed by atoms with Gasteiger partial charge in [-0.05, 0) is 61.0 Å². The van der Waals surface area contributed by atoms with Gasteiger partial charge in [0.1, 0.15) is 17.3 Å². The van der Waals surface area contributed by atoms with Crippen molar-refractivity contribution in [1.82, 2.24) is 9.55 Å². The fraction of sp³-hybridized carbons (Fsp3) is 0.200. The summed E-state index contributed by atoms with van der Waals surface area (Å²) in [7, 11) is 0. The van der Waals surface area contributed by atoms with E-state index in [9.17, 15) is 9.18 Å². The Morgan fingerprint density at radius 2 is 1.62 bits per heavy atom. The summed E-state index contributed by atoms with van der Waals surface area (Å²) in [6, 6.07) is 20.9. The van der Waals surface area contributed by atoms with Crippen LogP contribution in [-0.2, 0) is 6.54 Å². The maximum absolute atomic E-state index is 13.3. The van der Waals surface area contributed by atoms with Crippen molar-refractivity contribution < 1.29 is 13.9 Å². The minimum absolute atomic E-state index is 0.116. The topological polar surface area (TPSA) is 53.4 Å². The van der Waals surface area contributed by atoms with Gasteiger partial charge in [-0.3, -0.25) is 9.36 Å². The van der Waals surface area contributed by atoms with Crippen molar-refractivity contribution in [1.29, 1.82) is 0 Å². The predicted octanol–water partition coefficient (Wildman–Crippen LogP) is 5.15. The van der Waals surface area contributed by atoms with E-state index in [4.69, 9.17) is 14.5 Å². The van der Waals surface area contributed by atoms with E-state index in [1.807, 2.05) is 49.4 Å². The smallest absolute Gasteiger partial charge is 0.262 e. The molecule has 0 bridgehead atoms. The van der Waals surface area contributed by atoms with E-state index in [1.54, 1.807) is 22.8 Å². The third kappa shape index (κ3) is 5.29. The molecule has 4 aromatic rings. The molecule has 164 valence electrons. The maximum Gasteiger partial charge on any atom is 0.262 e. The molecule has 7 heteroatoms.